The molecule has 5 nitrogen and oxygen atoms in total. The molecular formula is C20H17NO4. The highest BCUT2D eigenvalue weighted by atomic mass is 16.5. The molecule has 0 aliphatic carbocycles. The van der Waals surface area contributed by atoms with Gasteiger partial charge < -0.3 is 14.5 Å². The van der Waals surface area contributed by atoms with E-state index in [-0.39, 0.29) is 11.3 Å². The second-order valence-corrected chi connectivity index (χ2v) is 5.54. The molecule has 0 atom stereocenters. The van der Waals surface area contributed by atoms with Crippen LogP contribution in [0.2, 0.25) is 0 Å². The summed E-state index contributed by atoms with van der Waals surface area (Å²) in [6, 6.07) is 12.5. The van der Waals surface area contributed by atoms with Crippen molar-refractivity contribution >= 4 is 28.6 Å². The van der Waals surface area contributed by atoms with Crippen molar-refractivity contribution in [2.24, 2.45) is 0 Å². The number of hydrogen-bond acceptors (Lipinski definition) is 4. The smallest absolute Gasteiger partial charge is 0.248 e. The SMILES string of the molecule is COc1ccc(C)cc1NC(=O)/C=C/c1coc2ccccc2c1=O. The van der Waals surface area contributed by atoms with Crippen molar-refractivity contribution in [2.45, 2.75) is 6.92 Å². The summed E-state index contributed by atoms with van der Waals surface area (Å²) in [5.41, 5.74) is 2.21. The van der Waals surface area contributed by atoms with Crippen molar-refractivity contribution in [3.8, 4) is 5.75 Å². The van der Waals surface area contributed by atoms with E-state index in [1.807, 2.05) is 19.1 Å². The fraction of sp³-hybridized carbons (Fsp3) is 0.100. The molecule has 0 bridgehead atoms. The molecule has 1 amide bonds. The lowest BCUT2D eigenvalue weighted by Crippen LogP contribution is -2.10. The largest absolute Gasteiger partial charge is 0.495 e. The fourth-order valence-electron chi connectivity index (χ4n) is 2.47. The Labute approximate surface area is 144 Å². The summed E-state index contributed by atoms with van der Waals surface area (Å²) >= 11 is 0. The van der Waals surface area contributed by atoms with E-state index in [4.69, 9.17) is 9.15 Å². The third-order valence-corrected chi connectivity index (χ3v) is 3.73. The number of rotatable bonds is 4. The quantitative estimate of drug-likeness (QED) is 0.737. The molecule has 5 heteroatoms. The highest BCUT2D eigenvalue weighted by Crippen LogP contribution is 2.25. The molecule has 0 radical (unpaired) electrons. The van der Waals surface area contributed by atoms with Crippen LogP contribution in [0.4, 0.5) is 5.69 Å². The van der Waals surface area contributed by atoms with Gasteiger partial charge in [-0.1, -0.05) is 18.2 Å². The molecule has 126 valence electrons. The second-order valence-electron chi connectivity index (χ2n) is 5.54. The lowest BCUT2D eigenvalue weighted by Gasteiger charge is -2.09. The minimum atomic E-state index is -0.364. The van der Waals surface area contributed by atoms with Crippen LogP contribution in [0.25, 0.3) is 17.0 Å². The van der Waals surface area contributed by atoms with E-state index in [0.717, 1.165) is 5.56 Å². The van der Waals surface area contributed by atoms with Gasteiger partial charge in [-0.15, -0.1) is 0 Å². The summed E-state index contributed by atoms with van der Waals surface area (Å²) < 4.78 is 10.7. The van der Waals surface area contributed by atoms with Crippen LogP contribution in [0, 0.1) is 6.92 Å². The Balaban J connectivity index is 1.83. The van der Waals surface area contributed by atoms with Crippen LogP contribution in [0.15, 0.2) is 64.0 Å². The molecule has 3 rings (SSSR count). The molecule has 0 aliphatic heterocycles. The number of methoxy groups -OCH3 is 1. The topological polar surface area (TPSA) is 68.5 Å². The molecular weight excluding hydrogens is 318 g/mol. The molecule has 3 aromatic rings. The molecule has 1 N–H and O–H groups in total. The third-order valence-electron chi connectivity index (χ3n) is 3.73. The lowest BCUT2D eigenvalue weighted by atomic mass is 10.1. The van der Waals surface area contributed by atoms with Crippen LogP contribution in [-0.4, -0.2) is 13.0 Å². The molecule has 0 fully saturated rings. The molecule has 2 aromatic carbocycles. The van der Waals surface area contributed by atoms with Gasteiger partial charge in [-0.25, -0.2) is 0 Å². The van der Waals surface area contributed by atoms with Gasteiger partial charge in [-0.05, 0) is 42.8 Å². The minimum Gasteiger partial charge on any atom is -0.495 e. The Morgan fingerprint density at radius 1 is 1.20 bits per heavy atom. The first-order chi connectivity index (χ1) is 12.1. The maximum Gasteiger partial charge on any atom is 0.248 e. The van der Waals surface area contributed by atoms with Crippen LogP contribution in [0.3, 0.4) is 0 Å². The molecule has 0 unspecified atom stereocenters. The van der Waals surface area contributed by atoms with Crippen molar-refractivity contribution in [3.63, 3.8) is 0 Å². The molecule has 0 saturated carbocycles. The van der Waals surface area contributed by atoms with Gasteiger partial charge in [0, 0.05) is 6.08 Å². The van der Waals surface area contributed by atoms with Crippen LogP contribution in [0.1, 0.15) is 11.1 Å². The first kappa shape index (κ1) is 16.5. The van der Waals surface area contributed by atoms with Crippen LogP contribution in [-0.2, 0) is 4.79 Å². The maximum atomic E-state index is 12.4. The zero-order valence-corrected chi connectivity index (χ0v) is 13.9. The van der Waals surface area contributed by atoms with Crippen LogP contribution < -0.4 is 15.5 Å². The number of para-hydroxylation sites is 1. The number of carbonyl (C=O) groups is 1. The number of nitrogens with one attached hydrogen (secondary N) is 1. The minimum absolute atomic E-state index is 0.181. The maximum absolute atomic E-state index is 12.4. The third kappa shape index (κ3) is 3.61. The zero-order valence-electron chi connectivity index (χ0n) is 13.9. The average molecular weight is 335 g/mol. The van der Waals surface area contributed by atoms with Gasteiger partial charge in [-0.2, -0.15) is 0 Å². The Morgan fingerprint density at radius 2 is 2.00 bits per heavy atom. The summed E-state index contributed by atoms with van der Waals surface area (Å²) in [5.74, 6) is 0.203. The predicted molar refractivity (Wildman–Crippen MR) is 97.9 cm³/mol. The normalized spacial score (nSPS) is 11.0. The summed E-state index contributed by atoms with van der Waals surface area (Å²) in [7, 11) is 1.54. The van der Waals surface area contributed by atoms with Crippen molar-refractivity contribution in [1.29, 1.82) is 0 Å². The zero-order chi connectivity index (χ0) is 17.8. The Hall–Kier alpha value is -3.34. The fourth-order valence-corrected chi connectivity index (χ4v) is 2.47. The predicted octanol–water partition coefficient (Wildman–Crippen LogP) is 3.76. The standard InChI is InChI=1S/C20H17NO4/c1-13-7-9-18(24-2)16(11-13)21-19(22)10-8-14-12-25-17-6-4-3-5-15(17)20(14)23/h3-12H,1-2H3,(H,21,22)/b10-8+. The molecule has 0 spiro atoms. The lowest BCUT2D eigenvalue weighted by molar-refractivity contribution is -0.111. The molecule has 25 heavy (non-hydrogen) atoms. The van der Waals surface area contributed by atoms with E-state index in [0.29, 0.717) is 28.0 Å². The van der Waals surface area contributed by atoms with Gasteiger partial charge >= 0.3 is 0 Å². The Bertz CT molecular complexity index is 1020. The van der Waals surface area contributed by atoms with E-state index < -0.39 is 0 Å². The van der Waals surface area contributed by atoms with Crippen LogP contribution in [0.5, 0.6) is 5.75 Å². The summed E-state index contributed by atoms with van der Waals surface area (Å²) in [6.45, 7) is 1.92. The first-order valence-corrected chi connectivity index (χ1v) is 7.73. The highest BCUT2D eigenvalue weighted by Gasteiger charge is 2.07. The van der Waals surface area contributed by atoms with Crippen molar-refractivity contribution < 1.29 is 13.9 Å². The van der Waals surface area contributed by atoms with Crippen molar-refractivity contribution in [3.05, 3.63) is 76.2 Å². The monoisotopic (exact) mass is 335 g/mol. The van der Waals surface area contributed by atoms with E-state index in [9.17, 15) is 9.59 Å². The summed E-state index contributed by atoms with van der Waals surface area (Å²) in [5, 5.41) is 3.22. The molecule has 0 aliphatic rings. The first-order valence-electron chi connectivity index (χ1n) is 7.73. The van der Waals surface area contributed by atoms with E-state index in [1.165, 1.54) is 25.5 Å². The second kappa shape index (κ2) is 7.05. The number of carbonyl (C=O) groups excluding carboxylic acids is 1. The van der Waals surface area contributed by atoms with Crippen molar-refractivity contribution in [2.75, 3.05) is 12.4 Å². The van der Waals surface area contributed by atoms with Gasteiger partial charge in [0.15, 0.2) is 5.43 Å². The number of benzene rings is 2. The van der Waals surface area contributed by atoms with Gasteiger partial charge in [0.25, 0.3) is 0 Å². The van der Waals surface area contributed by atoms with Gasteiger partial charge in [-0.3, -0.25) is 9.59 Å². The number of ether oxygens (including phenoxy) is 1. The number of amides is 1. The Kier molecular flexibility index (Phi) is 4.66. The van der Waals surface area contributed by atoms with Gasteiger partial charge in [0.2, 0.25) is 5.91 Å². The number of hydrogen-bond donors (Lipinski definition) is 1. The molecule has 1 heterocycles. The van der Waals surface area contributed by atoms with Crippen molar-refractivity contribution in [1.82, 2.24) is 0 Å². The summed E-state index contributed by atoms with van der Waals surface area (Å²) in [6.07, 6.45) is 4.08. The number of fused-ring (bicyclic) bond motifs is 1. The Morgan fingerprint density at radius 3 is 2.80 bits per heavy atom. The molecule has 0 saturated heterocycles. The van der Waals surface area contributed by atoms with E-state index in [2.05, 4.69) is 5.32 Å². The number of aryl methyl sites for hydroxylation is 1. The summed E-state index contributed by atoms with van der Waals surface area (Å²) in [4.78, 5) is 24.5. The number of anilines is 1. The van der Waals surface area contributed by atoms with Gasteiger partial charge in [0.05, 0.1) is 23.7 Å². The van der Waals surface area contributed by atoms with E-state index in [1.54, 1.807) is 30.3 Å². The van der Waals surface area contributed by atoms with Crippen LogP contribution >= 0.6 is 0 Å². The average Bonchev–Trinajstić information content (AvgIpc) is 2.61. The van der Waals surface area contributed by atoms with E-state index >= 15 is 0 Å². The molecule has 1 aromatic heterocycles. The van der Waals surface area contributed by atoms with Gasteiger partial charge in [0.1, 0.15) is 17.6 Å². The highest BCUT2D eigenvalue weighted by molar-refractivity contribution is 6.03.